The van der Waals surface area contributed by atoms with Crippen molar-refractivity contribution >= 4 is 22.8 Å². The van der Waals surface area contributed by atoms with Gasteiger partial charge in [0, 0.05) is 29.5 Å². The van der Waals surface area contributed by atoms with Gasteiger partial charge in [-0.3, -0.25) is 14.9 Å². The third-order valence-electron chi connectivity index (χ3n) is 4.45. The van der Waals surface area contributed by atoms with Crippen molar-refractivity contribution in [2.45, 2.75) is 31.7 Å². The molecule has 1 aromatic carbocycles. The molecule has 1 saturated heterocycles. The van der Waals surface area contributed by atoms with Gasteiger partial charge in [-0.1, -0.05) is 12.1 Å². The molecule has 1 fully saturated rings. The normalized spacial score (nSPS) is 22.2. The summed E-state index contributed by atoms with van der Waals surface area (Å²) in [5.41, 5.74) is 4.30. The predicted octanol–water partition coefficient (Wildman–Crippen LogP) is 1.60. The van der Waals surface area contributed by atoms with Gasteiger partial charge in [0.1, 0.15) is 5.58 Å². The van der Waals surface area contributed by atoms with Gasteiger partial charge in [0.05, 0.1) is 12.2 Å². The summed E-state index contributed by atoms with van der Waals surface area (Å²) in [4.78, 5) is 23.3. The molecule has 5 heteroatoms. The Morgan fingerprint density at radius 1 is 1.19 bits per heavy atom. The van der Waals surface area contributed by atoms with Gasteiger partial charge < -0.3 is 9.73 Å². The topological polar surface area (TPSA) is 71.3 Å². The van der Waals surface area contributed by atoms with E-state index in [0.29, 0.717) is 12.8 Å². The zero-order valence-electron chi connectivity index (χ0n) is 11.6. The zero-order chi connectivity index (χ0) is 14.4. The zero-order valence-corrected chi connectivity index (χ0v) is 11.6. The fourth-order valence-electron chi connectivity index (χ4n) is 3.35. The van der Waals surface area contributed by atoms with Crippen LogP contribution >= 0.6 is 0 Å². The highest BCUT2D eigenvalue weighted by molar-refractivity contribution is 6.03. The maximum Gasteiger partial charge on any atom is 0.234 e. The molecule has 1 atom stereocenters. The van der Waals surface area contributed by atoms with E-state index in [0.717, 1.165) is 36.0 Å². The van der Waals surface area contributed by atoms with E-state index >= 15 is 0 Å². The van der Waals surface area contributed by atoms with Gasteiger partial charge in [-0.15, -0.1) is 0 Å². The largest absolute Gasteiger partial charge is 0.464 e. The number of carbonyl (C=O) groups excluding carboxylic acids is 2. The number of fused-ring (bicyclic) bond motifs is 3. The lowest BCUT2D eigenvalue weighted by Gasteiger charge is -2.20. The molecule has 4 rings (SSSR count). The molecule has 108 valence electrons. The molecular formula is C16H16N2O3. The number of amides is 2. The molecular weight excluding hydrogens is 268 g/mol. The molecule has 2 amide bonds. The molecule has 3 heterocycles. The second kappa shape index (κ2) is 4.70. The van der Waals surface area contributed by atoms with Gasteiger partial charge in [0.2, 0.25) is 11.8 Å². The third-order valence-corrected chi connectivity index (χ3v) is 4.45. The third kappa shape index (κ3) is 1.96. The average Bonchev–Trinajstić information content (AvgIpc) is 2.91. The Morgan fingerprint density at radius 2 is 2.10 bits per heavy atom. The van der Waals surface area contributed by atoms with E-state index in [2.05, 4.69) is 16.7 Å². The molecule has 5 nitrogen and oxygen atoms in total. The molecule has 1 aromatic heterocycles. The number of hydrogen-bond acceptors (Lipinski definition) is 4. The Morgan fingerprint density at radius 3 is 2.95 bits per heavy atom. The molecule has 2 aromatic rings. The van der Waals surface area contributed by atoms with Crippen LogP contribution in [0, 0.1) is 0 Å². The maximum atomic E-state index is 12.1. The molecule has 2 aliphatic heterocycles. The van der Waals surface area contributed by atoms with E-state index < -0.39 is 0 Å². The van der Waals surface area contributed by atoms with Crippen LogP contribution in [-0.4, -0.2) is 18.4 Å². The van der Waals surface area contributed by atoms with Crippen LogP contribution in [0.2, 0.25) is 0 Å². The van der Waals surface area contributed by atoms with Crippen LogP contribution in [0.25, 0.3) is 11.0 Å². The van der Waals surface area contributed by atoms with Crippen LogP contribution in [0.4, 0.5) is 0 Å². The first kappa shape index (κ1) is 12.6. The van der Waals surface area contributed by atoms with Crippen molar-refractivity contribution in [1.29, 1.82) is 0 Å². The SMILES string of the molecule is O=C1CCC(c2coc3c4c(ccc23)CNCC4)C(=O)N1. The Kier molecular flexibility index (Phi) is 2.82. The number of imide groups is 1. The van der Waals surface area contributed by atoms with Crippen molar-refractivity contribution in [1.82, 2.24) is 10.6 Å². The number of rotatable bonds is 1. The van der Waals surface area contributed by atoms with Crippen LogP contribution in [0.3, 0.4) is 0 Å². The summed E-state index contributed by atoms with van der Waals surface area (Å²) >= 11 is 0. The predicted molar refractivity (Wildman–Crippen MR) is 76.7 cm³/mol. The lowest BCUT2D eigenvalue weighted by atomic mass is 9.89. The number of piperidine rings is 1. The van der Waals surface area contributed by atoms with Crippen molar-refractivity contribution in [3.05, 3.63) is 35.1 Å². The summed E-state index contributed by atoms with van der Waals surface area (Å²) < 4.78 is 5.78. The van der Waals surface area contributed by atoms with E-state index in [1.54, 1.807) is 6.26 Å². The minimum atomic E-state index is -0.288. The average molecular weight is 284 g/mol. The van der Waals surface area contributed by atoms with E-state index in [9.17, 15) is 9.59 Å². The fraction of sp³-hybridized carbons (Fsp3) is 0.375. The number of nitrogens with one attached hydrogen (secondary N) is 2. The quantitative estimate of drug-likeness (QED) is 0.780. The van der Waals surface area contributed by atoms with Crippen molar-refractivity contribution in [2.75, 3.05) is 6.54 Å². The first-order chi connectivity index (χ1) is 10.2. The molecule has 1 unspecified atom stereocenters. The summed E-state index contributed by atoms with van der Waals surface area (Å²) in [5.74, 6) is -0.690. The first-order valence-corrected chi connectivity index (χ1v) is 7.30. The number of hydrogen-bond donors (Lipinski definition) is 2. The summed E-state index contributed by atoms with van der Waals surface area (Å²) in [5, 5.41) is 6.76. The van der Waals surface area contributed by atoms with Gasteiger partial charge in [-0.05, 0) is 24.9 Å². The minimum absolute atomic E-state index is 0.187. The monoisotopic (exact) mass is 284 g/mol. The Labute approximate surface area is 121 Å². The molecule has 0 radical (unpaired) electrons. The van der Waals surface area contributed by atoms with Crippen molar-refractivity contribution in [3.63, 3.8) is 0 Å². The molecule has 2 aliphatic rings. The van der Waals surface area contributed by atoms with Crippen LogP contribution < -0.4 is 10.6 Å². The van der Waals surface area contributed by atoms with Gasteiger partial charge in [0.25, 0.3) is 0 Å². The second-order valence-corrected chi connectivity index (χ2v) is 5.70. The maximum absolute atomic E-state index is 12.1. The highest BCUT2D eigenvalue weighted by Gasteiger charge is 2.31. The summed E-state index contributed by atoms with van der Waals surface area (Å²) in [6, 6.07) is 4.14. The molecule has 0 bridgehead atoms. The Balaban J connectivity index is 1.80. The second-order valence-electron chi connectivity index (χ2n) is 5.70. The van der Waals surface area contributed by atoms with Gasteiger partial charge in [0.15, 0.2) is 0 Å². The standard InChI is InChI=1S/C16H16N2O3/c19-14-4-3-12(16(20)18-14)13-8-21-15-10-5-6-17-7-9(10)1-2-11(13)15/h1-2,8,12,17H,3-7H2,(H,18,19,20). The molecule has 21 heavy (non-hydrogen) atoms. The van der Waals surface area contributed by atoms with Gasteiger partial charge in [-0.25, -0.2) is 0 Å². The van der Waals surface area contributed by atoms with Crippen molar-refractivity contribution in [3.8, 4) is 0 Å². The van der Waals surface area contributed by atoms with E-state index in [4.69, 9.17) is 4.42 Å². The van der Waals surface area contributed by atoms with Gasteiger partial charge >= 0.3 is 0 Å². The van der Waals surface area contributed by atoms with E-state index in [1.807, 2.05) is 6.07 Å². The number of furan rings is 1. The minimum Gasteiger partial charge on any atom is -0.464 e. The molecule has 2 N–H and O–H groups in total. The summed E-state index contributed by atoms with van der Waals surface area (Å²) in [6.45, 7) is 1.81. The summed E-state index contributed by atoms with van der Waals surface area (Å²) in [6.07, 6.45) is 3.57. The molecule has 0 spiro atoms. The van der Waals surface area contributed by atoms with E-state index in [1.165, 1.54) is 11.1 Å². The van der Waals surface area contributed by atoms with Crippen LogP contribution in [-0.2, 0) is 22.6 Å². The van der Waals surface area contributed by atoms with Crippen LogP contribution in [0.5, 0.6) is 0 Å². The molecule has 0 saturated carbocycles. The highest BCUT2D eigenvalue weighted by Crippen LogP contribution is 2.35. The smallest absolute Gasteiger partial charge is 0.234 e. The number of benzene rings is 1. The lowest BCUT2D eigenvalue weighted by Crippen LogP contribution is -2.39. The van der Waals surface area contributed by atoms with Crippen LogP contribution in [0.1, 0.15) is 35.4 Å². The first-order valence-electron chi connectivity index (χ1n) is 7.30. The fourth-order valence-corrected chi connectivity index (χ4v) is 3.35. The Hall–Kier alpha value is -2.14. The highest BCUT2D eigenvalue weighted by atomic mass is 16.3. The van der Waals surface area contributed by atoms with Crippen LogP contribution in [0.15, 0.2) is 22.8 Å². The summed E-state index contributed by atoms with van der Waals surface area (Å²) in [7, 11) is 0. The molecule has 0 aliphatic carbocycles. The Bertz CT molecular complexity index is 747. The lowest BCUT2D eigenvalue weighted by molar-refractivity contribution is -0.134. The van der Waals surface area contributed by atoms with Gasteiger partial charge in [-0.2, -0.15) is 0 Å². The van der Waals surface area contributed by atoms with E-state index in [-0.39, 0.29) is 17.7 Å². The van der Waals surface area contributed by atoms with Crippen molar-refractivity contribution in [2.24, 2.45) is 0 Å². The van der Waals surface area contributed by atoms with Crippen molar-refractivity contribution < 1.29 is 14.0 Å². The number of carbonyl (C=O) groups is 2.